The first-order valence-electron chi connectivity index (χ1n) is 9.99. The van der Waals surface area contributed by atoms with Crippen molar-refractivity contribution in [1.29, 1.82) is 0 Å². The number of carbonyl (C=O) groups excluding carboxylic acids is 1. The van der Waals surface area contributed by atoms with Crippen molar-refractivity contribution in [3.8, 4) is 0 Å². The number of carbonyl (C=O) groups is 1. The Kier molecular flexibility index (Phi) is 4.31. The Hall–Kier alpha value is -2.80. The van der Waals surface area contributed by atoms with E-state index in [1.165, 1.54) is 0 Å². The van der Waals surface area contributed by atoms with Crippen LogP contribution in [0.2, 0.25) is 0 Å². The van der Waals surface area contributed by atoms with Gasteiger partial charge in [-0.3, -0.25) is 9.78 Å². The maximum absolute atomic E-state index is 13.2. The number of nitrogens with one attached hydrogen (secondary N) is 1. The second kappa shape index (κ2) is 6.98. The molecule has 2 aliphatic rings. The van der Waals surface area contributed by atoms with Gasteiger partial charge in [0.05, 0.1) is 17.6 Å². The Morgan fingerprint density at radius 2 is 1.96 bits per heavy atom. The minimum Gasteiger partial charge on any atom is -0.339 e. The number of benzene rings is 1. The molecule has 5 rings (SSSR count). The Labute approximate surface area is 163 Å². The summed E-state index contributed by atoms with van der Waals surface area (Å²) < 4.78 is 2.26. The number of likely N-dealkylation sites (tertiary alicyclic amines) is 1. The predicted molar refractivity (Wildman–Crippen MR) is 106 cm³/mol. The summed E-state index contributed by atoms with van der Waals surface area (Å²) in [7, 11) is 0. The molecule has 0 aliphatic carbocycles. The fourth-order valence-corrected chi connectivity index (χ4v) is 4.34. The minimum atomic E-state index is 0.0784. The number of piperidine rings is 1. The summed E-state index contributed by atoms with van der Waals surface area (Å²) in [5.41, 5.74) is 2.43. The van der Waals surface area contributed by atoms with Gasteiger partial charge in [0.1, 0.15) is 11.6 Å². The molecule has 1 aromatic carbocycles. The third-order valence-electron chi connectivity index (χ3n) is 5.89. The van der Waals surface area contributed by atoms with E-state index in [2.05, 4.69) is 25.1 Å². The maximum atomic E-state index is 13.2. The molecule has 0 unspecified atom stereocenters. The van der Waals surface area contributed by atoms with E-state index >= 15 is 0 Å². The van der Waals surface area contributed by atoms with Crippen LogP contribution in [0.1, 0.15) is 46.5 Å². The highest BCUT2D eigenvalue weighted by Crippen LogP contribution is 2.29. The Bertz CT molecular complexity index is 1030. The van der Waals surface area contributed by atoms with Crippen LogP contribution < -0.4 is 5.32 Å². The van der Waals surface area contributed by atoms with Crippen molar-refractivity contribution in [2.45, 2.75) is 38.8 Å². The summed E-state index contributed by atoms with van der Waals surface area (Å²) in [6.07, 6.45) is 1.85. The summed E-state index contributed by atoms with van der Waals surface area (Å²) in [5.74, 6) is 2.56. The highest BCUT2D eigenvalue weighted by Gasteiger charge is 2.29. The van der Waals surface area contributed by atoms with E-state index in [-0.39, 0.29) is 5.91 Å². The number of rotatable bonds is 2. The molecule has 2 aromatic heterocycles. The highest BCUT2D eigenvalue weighted by molar-refractivity contribution is 6.05. The van der Waals surface area contributed by atoms with Gasteiger partial charge in [0, 0.05) is 43.2 Å². The summed E-state index contributed by atoms with van der Waals surface area (Å²) in [6, 6.07) is 9.86. The van der Waals surface area contributed by atoms with E-state index in [0.717, 1.165) is 73.8 Å². The predicted octanol–water partition coefficient (Wildman–Crippen LogP) is 2.26. The van der Waals surface area contributed by atoms with Crippen LogP contribution in [0, 0.1) is 6.92 Å². The van der Waals surface area contributed by atoms with Gasteiger partial charge in [-0.25, -0.2) is 0 Å². The Balaban J connectivity index is 1.34. The van der Waals surface area contributed by atoms with Gasteiger partial charge in [-0.15, -0.1) is 10.2 Å². The fraction of sp³-hybridized carbons (Fsp3) is 0.429. The number of pyridine rings is 1. The lowest BCUT2D eigenvalue weighted by atomic mass is 9.95. The SMILES string of the molecule is Cc1ccc2cccc(C(=O)N3CCC(c4nnc5n4CCNC5)CC3)c2n1. The molecule has 2 aliphatic heterocycles. The van der Waals surface area contributed by atoms with Gasteiger partial charge in [0.25, 0.3) is 5.91 Å². The molecule has 0 radical (unpaired) electrons. The van der Waals surface area contributed by atoms with E-state index in [4.69, 9.17) is 0 Å². The van der Waals surface area contributed by atoms with Crippen LogP contribution in [0.25, 0.3) is 10.9 Å². The number of aromatic nitrogens is 4. The zero-order valence-electron chi connectivity index (χ0n) is 16.1. The quantitative estimate of drug-likeness (QED) is 0.742. The molecule has 1 amide bonds. The smallest absolute Gasteiger partial charge is 0.256 e. The third kappa shape index (κ3) is 2.96. The molecular formula is C21H24N6O. The molecule has 0 atom stereocenters. The standard InChI is InChI=1S/C21H24N6O/c1-14-5-6-15-3-2-4-17(19(15)23-14)21(28)26-10-7-16(8-11-26)20-25-24-18-13-22-9-12-27(18)20/h2-6,16,22H,7-13H2,1H3. The van der Waals surface area contributed by atoms with Crippen molar-refractivity contribution >= 4 is 16.8 Å². The molecule has 1 saturated heterocycles. The first-order valence-corrected chi connectivity index (χ1v) is 9.99. The van der Waals surface area contributed by atoms with E-state index in [0.29, 0.717) is 11.5 Å². The van der Waals surface area contributed by atoms with Gasteiger partial charge in [-0.2, -0.15) is 0 Å². The van der Waals surface area contributed by atoms with E-state index in [9.17, 15) is 4.79 Å². The molecule has 28 heavy (non-hydrogen) atoms. The number of hydrogen-bond acceptors (Lipinski definition) is 5. The average molecular weight is 376 g/mol. The molecular weight excluding hydrogens is 352 g/mol. The lowest BCUT2D eigenvalue weighted by Gasteiger charge is -2.32. The van der Waals surface area contributed by atoms with Crippen LogP contribution in [0.3, 0.4) is 0 Å². The molecule has 3 aromatic rings. The molecule has 0 spiro atoms. The second-order valence-electron chi connectivity index (χ2n) is 7.70. The summed E-state index contributed by atoms with van der Waals surface area (Å²) in [5, 5.41) is 13.1. The first-order chi connectivity index (χ1) is 13.7. The summed E-state index contributed by atoms with van der Waals surface area (Å²) in [4.78, 5) is 19.8. The molecule has 7 nitrogen and oxygen atoms in total. The normalized spacial score (nSPS) is 17.7. The van der Waals surface area contributed by atoms with E-state index in [1.54, 1.807) is 0 Å². The Morgan fingerprint density at radius 3 is 2.82 bits per heavy atom. The van der Waals surface area contributed by atoms with Crippen molar-refractivity contribution in [2.75, 3.05) is 19.6 Å². The number of nitrogens with zero attached hydrogens (tertiary/aromatic N) is 5. The van der Waals surface area contributed by atoms with Gasteiger partial charge in [-0.05, 0) is 31.9 Å². The molecule has 144 valence electrons. The molecule has 7 heteroatoms. The van der Waals surface area contributed by atoms with Crippen LogP contribution >= 0.6 is 0 Å². The Morgan fingerprint density at radius 1 is 1.11 bits per heavy atom. The lowest BCUT2D eigenvalue weighted by Crippen LogP contribution is -2.39. The van der Waals surface area contributed by atoms with Gasteiger partial charge in [0.2, 0.25) is 0 Å². The van der Waals surface area contributed by atoms with Crippen LogP contribution in [0.5, 0.6) is 0 Å². The molecule has 4 heterocycles. The second-order valence-corrected chi connectivity index (χ2v) is 7.70. The van der Waals surface area contributed by atoms with E-state index < -0.39 is 0 Å². The van der Waals surface area contributed by atoms with Crippen LogP contribution in [0.4, 0.5) is 0 Å². The molecule has 1 fully saturated rings. The van der Waals surface area contributed by atoms with Gasteiger partial charge < -0.3 is 14.8 Å². The largest absolute Gasteiger partial charge is 0.339 e. The molecule has 0 bridgehead atoms. The topological polar surface area (TPSA) is 75.9 Å². The number of para-hydroxylation sites is 1. The van der Waals surface area contributed by atoms with Gasteiger partial charge in [0.15, 0.2) is 0 Å². The van der Waals surface area contributed by atoms with Crippen molar-refractivity contribution < 1.29 is 4.79 Å². The molecule has 1 N–H and O–H groups in total. The van der Waals surface area contributed by atoms with Crippen molar-refractivity contribution in [2.24, 2.45) is 0 Å². The number of fused-ring (bicyclic) bond motifs is 2. The lowest BCUT2D eigenvalue weighted by molar-refractivity contribution is 0.0712. The highest BCUT2D eigenvalue weighted by atomic mass is 16.2. The fourth-order valence-electron chi connectivity index (χ4n) is 4.34. The first kappa shape index (κ1) is 17.3. The van der Waals surface area contributed by atoms with Gasteiger partial charge in [-0.1, -0.05) is 18.2 Å². The maximum Gasteiger partial charge on any atom is 0.256 e. The number of amides is 1. The third-order valence-corrected chi connectivity index (χ3v) is 5.89. The average Bonchev–Trinajstić information content (AvgIpc) is 3.17. The minimum absolute atomic E-state index is 0.0784. The van der Waals surface area contributed by atoms with Crippen molar-refractivity contribution in [1.82, 2.24) is 30.0 Å². The van der Waals surface area contributed by atoms with E-state index in [1.807, 2.05) is 42.2 Å². The van der Waals surface area contributed by atoms with Crippen LogP contribution in [0.15, 0.2) is 30.3 Å². The monoisotopic (exact) mass is 376 g/mol. The van der Waals surface area contributed by atoms with Crippen molar-refractivity contribution in [3.05, 3.63) is 53.2 Å². The zero-order valence-corrected chi connectivity index (χ0v) is 16.1. The summed E-state index contributed by atoms with van der Waals surface area (Å²) >= 11 is 0. The van der Waals surface area contributed by atoms with Crippen LogP contribution in [-0.2, 0) is 13.1 Å². The zero-order chi connectivity index (χ0) is 19.1. The molecule has 0 saturated carbocycles. The van der Waals surface area contributed by atoms with Crippen LogP contribution in [-0.4, -0.2) is 50.2 Å². The van der Waals surface area contributed by atoms with Gasteiger partial charge >= 0.3 is 0 Å². The number of aryl methyl sites for hydroxylation is 1. The van der Waals surface area contributed by atoms with Crippen molar-refractivity contribution in [3.63, 3.8) is 0 Å². The summed E-state index contributed by atoms with van der Waals surface area (Å²) in [6.45, 7) is 6.12. The number of hydrogen-bond donors (Lipinski definition) is 1.